The van der Waals surface area contributed by atoms with Crippen molar-refractivity contribution in [3.05, 3.63) is 35.9 Å². The number of ether oxygens (including phenoxy) is 1. The van der Waals surface area contributed by atoms with Gasteiger partial charge in [-0.25, -0.2) is 0 Å². The molecule has 2 bridgehead atoms. The van der Waals surface area contributed by atoms with Crippen molar-refractivity contribution in [2.24, 2.45) is 5.92 Å². The van der Waals surface area contributed by atoms with E-state index in [0.29, 0.717) is 0 Å². The Balaban J connectivity index is 1.77. The Morgan fingerprint density at radius 1 is 1.42 bits per heavy atom. The third kappa shape index (κ3) is 2.46. The zero-order valence-corrected chi connectivity index (χ0v) is 13.3. The van der Waals surface area contributed by atoms with Gasteiger partial charge in [0.15, 0.2) is 0 Å². The van der Waals surface area contributed by atoms with E-state index in [-0.39, 0.29) is 23.6 Å². The number of halogens is 1. The van der Waals surface area contributed by atoms with Crippen LogP contribution in [0, 0.1) is 5.92 Å². The highest BCUT2D eigenvalue weighted by atomic mass is 127. The standard InChI is InChI=1S/C14H19BINO2/c15-13-11-7-17(6-10-4-2-1-3-5-10)9-14(8-16,19-13)12(11)18/h1-5,11-13,18H,6-9,15H2/t11?,12?,13-,14+/m1/s1. The summed E-state index contributed by atoms with van der Waals surface area (Å²) in [5.74, 6) is 0.243. The van der Waals surface area contributed by atoms with Crippen molar-refractivity contribution in [3.63, 3.8) is 0 Å². The van der Waals surface area contributed by atoms with Crippen LogP contribution >= 0.6 is 22.6 Å². The van der Waals surface area contributed by atoms with Crippen LogP contribution in [0.4, 0.5) is 0 Å². The van der Waals surface area contributed by atoms with Gasteiger partial charge in [0.2, 0.25) is 0 Å². The van der Waals surface area contributed by atoms with Gasteiger partial charge < -0.3 is 9.84 Å². The predicted molar refractivity (Wildman–Crippen MR) is 86.3 cm³/mol. The molecule has 1 aromatic carbocycles. The number of benzene rings is 1. The number of nitrogens with zero attached hydrogens (tertiary/aromatic N) is 1. The lowest BCUT2D eigenvalue weighted by Gasteiger charge is -2.41. The second-order valence-corrected chi connectivity index (χ2v) is 6.55. The predicted octanol–water partition coefficient (Wildman–Crippen LogP) is 0.642. The van der Waals surface area contributed by atoms with E-state index in [2.05, 4.69) is 59.6 Å². The molecule has 0 radical (unpaired) electrons. The number of rotatable bonds is 3. The van der Waals surface area contributed by atoms with E-state index < -0.39 is 0 Å². The molecular weight excluding hydrogens is 352 g/mol. The number of hydrogen-bond donors (Lipinski definition) is 1. The number of likely N-dealkylation sites (tertiary alicyclic amines) is 1. The monoisotopic (exact) mass is 371 g/mol. The Morgan fingerprint density at radius 2 is 2.16 bits per heavy atom. The molecule has 0 saturated carbocycles. The molecule has 0 aromatic heterocycles. The summed E-state index contributed by atoms with van der Waals surface area (Å²) in [5, 5.41) is 10.5. The zero-order chi connectivity index (χ0) is 13.5. The second-order valence-electron chi connectivity index (χ2n) is 5.79. The van der Waals surface area contributed by atoms with Gasteiger partial charge in [-0.05, 0) is 5.56 Å². The maximum absolute atomic E-state index is 10.5. The van der Waals surface area contributed by atoms with Gasteiger partial charge >= 0.3 is 0 Å². The van der Waals surface area contributed by atoms with E-state index in [4.69, 9.17) is 4.74 Å². The summed E-state index contributed by atoms with van der Waals surface area (Å²) in [5.41, 5.74) is 0.965. The van der Waals surface area contributed by atoms with Gasteiger partial charge in [-0.1, -0.05) is 52.9 Å². The van der Waals surface area contributed by atoms with E-state index in [1.54, 1.807) is 0 Å². The van der Waals surface area contributed by atoms with Crippen LogP contribution < -0.4 is 0 Å². The lowest BCUT2D eigenvalue weighted by molar-refractivity contribution is -0.0807. The largest absolute Gasteiger partial charge is 0.390 e. The van der Waals surface area contributed by atoms with Crippen molar-refractivity contribution < 1.29 is 9.84 Å². The van der Waals surface area contributed by atoms with Crippen LogP contribution in [-0.4, -0.2) is 53.1 Å². The quantitative estimate of drug-likeness (QED) is 0.481. The number of aliphatic hydroxyl groups is 1. The highest BCUT2D eigenvalue weighted by Gasteiger charge is 2.56. The van der Waals surface area contributed by atoms with Crippen LogP contribution in [0.3, 0.4) is 0 Å². The summed E-state index contributed by atoms with van der Waals surface area (Å²) in [6.07, 6.45) is -0.313. The maximum atomic E-state index is 10.5. The van der Waals surface area contributed by atoms with Crippen molar-refractivity contribution in [3.8, 4) is 0 Å². The van der Waals surface area contributed by atoms with Crippen LogP contribution in [-0.2, 0) is 11.3 Å². The minimum atomic E-state index is -0.363. The number of alkyl halides is 1. The average Bonchev–Trinajstić information content (AvgIpc) is 2.57. The Kier molecular flexibility index (Phi) is 3.90. The molecule has 2 aliphatic heterocycles. The highest BCUT2D eigenvalue weighted by Crippen LogP contribution is 2.41. The topological polar surface area (TPSA) is 32.7 Å². The number of fused-ring (bicyclic) bond motifs is 2. The van der Waals surface area contributed by atoms with Crippen LogP contribution in [0.5, 0.6) is 0 Å². The molecule has 2 fully saturated rings. The third-order valence-electron chi connectivity index (χ3n) is 4.40. The first-order valence-corrected chi connectivity index (χ1v) is 8.35. The van der Waals surface area contributed by atoms with Gasteiger partial charge in [-0.3, -0.25) is 4.90 Å². The molecule has 0 aliphatic carbocycles. The van der Waals surface area contributed by atoms with Crippen LogP contribution in [0.25, 0.3) is 0 Å². The molecule has 3 rings (SSSR count). The van der Waals surface area contributed by atoms with Gasteiger partial charge in [0.1, 0.15) is 13.4 Å². The van der Waals surface area contributed by atoms with Crippen molar-refractivity contribution in [2.45, 2.75) is 24.3 Å². The molecule has 1 N–H and O–H groups in total. The van der Waals surface area contributed by atoms with Crippen LogP contribution in [0.15, 0.2) is 30.3 Å². The van der Waals surface area contributed by atoms with Crippen LogP contribution in [0.1, 0.15) is 5.56 Å². The molecule has 19 heavy (non-hydrogen) atoms. The minimum Gasteiger partial charge on any atom is -0.390 e. The van der Waals surface area contributed by atoms with Gasteiger partial charge in [0.25, 0.3) is 0 Å². The fourth-order valence-electron chi connectivity index (χ4n) is 3.41. The number of aliphatic hydroxyl groups excluding tert-OH is 1. The molecule has 5 heteroatoms. The molecule has 4 atom stereocenters. The molecule has 102 valence electrons. The first-order valence-electron chi connectivity index (χ1n) is 6.83. The van der Waals surface area contributed by atoms with E-state index in [1.165, 1.54) is 5.56 Å². The lowest BCUT2D eigenvalue weighted by atomic mass is 9.79. The fraction of sp³-hybridized carbons (Fsp3) is 0.571. The molecule has 1 aromatic rings. The average molecular weight is 371 g/mol. The van der Waals surface area contributed by atoms with Gasteiger partial charge in [0.05, 0.1) is 6.10 Å². The highest BCUT2D eigenvalue weighted by molar-refractivity contribution is 14.1. The molecule has 2 heterocycles. The summed E-state index contributed by atoms with van der Waals surface area (Å²) >= 11 is 2.34. The summed E-state index contributed by atoms with van der Waals surface area (Å²) in [6.45, 7) is 2.70. The fourth-order valence-corrected chi connectivity index (χ4v) is 4.28. The number of hydrogen-bond acceptors (Lipinski definition) is 3. The van der Waals surface area contributed by atoms with Crippen LogP contribution in [0.2, 0.25) is 0 Å². The Morgan fingerprint density at radius 3 is 2.84 bits per heavy atom. The number of piperidine rings is 1. The molecular formula is C14H19BINO2. The van der Waals surface area contributed by atoms with Crippen molar-refractivity contribution >= 4 is 30.4 Å². The smallest absolute Gasteiger partial charge is 0.139 e. The Bertz CT molecular complexity index is 446. The summed E-state index contributed by atoms with van der Waals surface area (Å²) in [6, 6.07) is 10.7. The van der Waals surface area contributed by atoms with E-state index >= 15 is 0 Å². The molecule has 0 spiro atoms. The summed E-state index contributed by atoms with van der Waals surface area (Å²) < 4.78 is 6.95. The van der Waals surface area contributed by atoms with Crippen molar-refractivity contribution in [2.75, 3.05) is 17.5 Å². The third-order valence-corrected chi connectivity index (χ3v) is 5.69. The Labute approximate surface area is 128 Å². The van der Waals surface area contributed by atoms with E-state index in [0.717, 1.165) is 24.1 Å². The van der Waals surface area contributed by atoms with Crippen molar-refractivity contribution in [1.29, 1.82) is 0 Å². The van der Waals surface area contributed by atoms with Crippen molar-refractivity contribution in [1.82, 2.24) is 4.90 Å². The zero-order valence-electron chi connectivity index (χ0n) is 11.1. The van der Waals surface area contributed by atoms with Gasteiger partial charge in [-0.2, -0.15) is 0 Å². The first-order chi connectivity index (χ1) is 9.14. The lowest BCUT2D eigenvalue weighted by Crippen LogP contribution is -2.57. The molecule has 2 aliphatic rings. The minimum absolute atomic E-state index is 0.158. The Hall–Kier alpha value is -0.105. The molecule has 3 nitrogen and oxygen atoms in total. The maximum Gasteiger partial charge on any atom is 0.139 e. The molecule has 0 amide bonds. The first kappa shape index (κ1) is 13.9. The SMILES string of the molecule is B[C@@H]1O[C@@]2(CI)CN(Cc3ccccc3)CC1C2O. The van der Waals surface area contributed by atoms with Gasteiger partial charge in [0, 0.05) is 36.0 Å². The van der Waals surface area contributed by atoms with E-state index in [1.807, 2.05) is 6.07 Å². The summed E-state index contributed by atoms with van der Waals surface area (Å²) in [4.78, 5) is 2.43. The van der Waals surface area contributed by atoms with Gasteiger partial charge in [-0.15, -0.1) is 0 Å². The second kappa shape index (κ2) is 5.35. The van der Waals surface area contributed by atoms with E-state index in [9.17, 15) is 5.11 Å². The summed E-state index contributed by atoms with van der Waals surface area (Å²) in [7, 11) is 2.09. The molecule has 2 unspecified atom stereocenters. The molecule has 2 saturated heterocycles. The normalized spacial score (nSPS) is 38.5.